The highest BCUT2D eigenvalue weighted by Crippen LogP contribution is 2.47. The van der Waals surface area contributed by atoms with Crippen molar-refractivity contribution >= 4 is 8.32 Å². The molecule has 26 heavy (non-hydrogen) atoms. The van der Waals surface area contributed by atoms with Gasteiger partial charge in [-0.25, -0.2) is 0 Å². The van der Waals surface area contributed by atoms with Gasteiger partial charge in [-0.1, -0.05) is 59.1 Å². The van der Waals surface area contributed by atoms with Gasteiger partial charge in [0.1, 0.15) is 0 Å². The molecule has 1 saturated heterocycles. The molecule has 0 spiro atoms. The monoisotopic (exact) mass is 384 g/mol. The van der Waals surface area contributed by atoms with E-state index in [1.54, 1.807) is 0 Å². The normalized spacial score (nSPS) is 33.8. The fraction of sp³-hybridized carbons (Fsp3) is 0.905. The maximum atomic E-state index is 10.3. The Hall–Kier alpha value is -0.203. The number of aliphatic hydroxyl groups is 2. The second-order valence-electron chi connectivity index (χ2n) is 9.71. The molecule has 0 amide bonds. The first-order chi connectivity index (χ1) is 12.0. The Balaban J connectivity index is 2.07. The quantitative estimate of drug-likeness (QED) is 0.364. The molecule has 2 aliphatic rings. The van der Waals surface area contributed by atoms with Gasteiger partial charge in [-0.3, -0.25) is 0 Å². The molecule has 1 saturated carbocycles. The highest BCUT2D eigenvalue weighted by atomic mass is 28.4. The minimum Gasteiger partial charge on any atom is -0.413 e. The molecular weight excluding hydrogens is 344 g/mol. The van der Waals surface area contributed by atoms with Crippen LogP contribution in [0, 0.1) is 11.8 Å². The van der Waals surface area contributed by atoms with Gasteiger partial charge in [0.15, 0.2) is 14.6 Å². The molecule has 6 atom stereocenters. The van der Waals surface area contributed by atoms with Crippen molar-refractivity contribution in [3.63, 3.8) is 0 Å². The molecule has 2 fully saturated rings. The predicted molar refractivity (Wildman–Crippen MR) is 108 cm³/mol. The van der Waals surface area contributed by atoms with E-state index in [0.29, 0.717) is 12.3 Å². The minimum absolute atomic E-state index is 0.0756. The topological polar surface area (TPSA) is 58.9 Å². The second kappa shape index (κ2) is 8.87. The minimum atomic E-state index is -1.87. The first kappa shape index (κ1) is 22.1. The van der Waals surface area contributed by atoms with Crippen LogP contribution in [0.25, 0.3) is 0 Å². The molecule has 0 aromatic rings. The number of fused-ring (bicyclic) bond motifs is 1. The summed E-state index contributed by atoms with van der Waals surface area (Å²) in [5.41, 5.74) is 0. The third-order valence-corrected chi connectivity index (χ3v) is 11.1. The molecule has 1 heterocycles. The van der Waals surface area contributed by atoms with Gasteiger partial charge in [-0.2, -0.15) is 0 Å². The van der Waals surface area contributed by atoms with Gasteiger partial charge >= 0.3 is 0 Å². The summed E-state index contributed by atoms with van der Waals surface area (Å²) in [7, 11) is -1.87. The van der Waals surface area contributed by atoms with E-state index in [0.717, 1.165) is 25.7 Å². The SMILES string of the molecule is CCCCC[C@H](O)/C=C/[C@H]1[C@H]2CC(O)O[C@H]2C[C@H]1O[Si](C)(C)C(C)(C)C. The van der Waals surface area contributed by atoms with Crippen LogP contribution in [0.4, 0.5) is 0 Å². The summed E-state index contributed by atoms with van der Waals surface area (Å²) in [5, 5.41) is 20.3. The van der Waals surface area contributed by atoms with E-state index < -0.39 is 14.6 Å². The Kier molecular flexibility index (Phi) is 7.53. The Morgan fingerprint density at radius 1 is 1.23 bits per heavy atom. The fourth-order valence-corrected chi connectivity index (χ4v) is 5.31. The van der Waals surface area contributed by atoms with Gasteiger partial charge in [-0.15, -0.1) is 0 Å². The highest BCUT2D eigenvalue weighted by Gasteiger charge is 2.51. The van der Waals surface area contributed by atoms with Crippen LogP contribution in [0.2, 0.25) is 18.1 Å². The van der Waals surface area contributed by atoms with Crippen LogP contribution in [0.5, 0.6) is 0 Å². The van der Waals surface area contributed by atoms with Crippen LogP contribution in [0.15, 0.2) is 12.2 Å². The summed E-state index contributed by atoms with van der Waals surface area (Å²) >= 11 is 0. The Labute approximate surface area is 161 Å². The van der Waals surface area contributed by atoms with Crippen LogP contribution in [0.1, 0.15) is 66.2 Å². The molecule has 0 radical (unpaired) electrons. The third kappa shape index (κ3) is 5.41. The van der Waals surface area contributed by atoms with Gasteiger partial charge in [0, 0.05) is 12.3 Å². The van der Waals surface area contributed by atoms with Crippen LogP contribution in [-0.2, 0) is 9.16 Å². The van der Waals surface area contributed by atoms with Crippen molar-refractivity contribution < 1.29 is 19.4 Å². The number of hydrogen-bond acceptors (Lipinski definition) is 4. The lowest BCUT2D eigenvalue weighted by Gasteiger charge is -2.40. The first-order valence-corrected chi connectivity index (χ1v) is 13.3. The molecule has 0 bridgehead atoms. The van der Waals surface area contributed by atoms with E-state index in [2.05, 4.69) is 46.9 Å². The van der Waals surface area contributed by atoms with Gasteiger partial charge in [0.2, 0.25) is 0 Å². The summed E-state index contributed by atoms with van der Waals surface area (Å²) < 4.78 is 12.4. The van der Waals surface area contributed by atoms with Crippen molar-refractivity contribution in [2.45, 2.75) is 109 Å². The lowest BCUT2D eigenvalue weighted by molar-refractivity contribution is -0.0945. The average Bonchev–Trinajstić information content (AvgIpc) is 2.99. The van der Waals surface area contributed by atoms with E-state index in [1.165, 1.54) is 6.42 Å². The van der Waals surface area contributed by atoms with Crippen molar-refractivity contribution in [2.24, 2.45) is 11.8 Å². The zero-order valence-corrected chi connectivity index (χ0v) is 18.6. The summed E-state index contributed by atoms with van der Waals surface area (Å²) in [6, 6.07) is 0. The number of hydrogen-bond donors (Lipinski definition) is 2. The largest absolute Gasteiger partial charge is 0.413 e. The van der Waals surface area contributed by atoms with Crippen LogP contribution >= 0.6 is 0 Å². The van der Waals surface area contributed by atoms with E-state index in [-0.39, 0.29) is 29.3 Å². The molecule has 152 valence electrons. The summed E-state index contributed by atoms with van der Waals surface area (Å²) in [6.45, 7) is 13.5. The van der Waals surface area contributed by atoms with Crippen LogP contribution in [0.3, 0.4) is 0 Å². The Bertz CT molecular complexity index is 471. The molecule has 2 N–H and O–H groups in total. The van der Waals surface area contributed by atoms with Gasteiger partial charge in [-0.05, 0) is 36.9 Å². The summed E-state index contributed by atoms with van der Waals surface area (Å²) in [4.78, 5) is 0. The highest BCUT2D eigenvalue weighted by molar-refractivity contribution is 6.74. The second-order valence-corrected chi connectivity index (χ2v) is 14.5. The smallest absolute Gasteiger partial charge is 0.192 e. The third-order valence-electron chi connectivity index (χ3n) is 6.58. The van der Waals surface area contributed by atoms with Crippen molar-refractivity contribution in [2.75, 3.05) is 0 Å². The van der Waals surface area contributed by atoms with Crippen LogP contribution in [-0.4, -0.2) is 43.1 Å². The maximum absolute atomic E-state index is 10.3. The molecule has 1 unspecified atom stereocenters. The number of rotatable bonds is 8. The zero-order chi connectivity index (χ0) is 19.5. The molecule has 0 aromatic heterocycles. The van der Waals surface area contributed by atoms with E-state index >= 15 is 0 Å². The molecule has 1 aliphatic carbocycles. The van der Waals surface area contributed by atoms with Crippen molar-refractivity contribution in [3.05, 3.63) is 12.2 Å². The lowest BCUT2D eigenvalue weighted by Crippen LogP contribution is -2.45. The van der Waals surface area contributed by atoms with E-state index in [1.807, 2.05) is 6.08 Å². The van der Waals surface area contributed by atoms with Crippen molar-refractivity contribution in [3.8, 4) is 0 Å². The maximum Gasteiger partial charge on any atom is 0.192 e. The average molecular weight is 385 g/mol. The van der Waals surface area contributed by atoms with Gasteiger partial charge in [0.05, 0.1) is 18.3 Å². The molecular formula is C21H40O4Si. The molecule has 5 heteroatoms. The summed E-state index contributed by atoms with van der Waals surface area (Å²) in [6.07, 6.45) is 8.99. The van der Waals surface area contributed by atoms with Crippen molar-refractivity contribution in [1.82, 2.24) is 0 Å². The van der Waals surface area contributed by atoms with Gasteiger partial charge in [0.25, 0.3) is 0 Å². The molecule has 4 nitrogen and oxygen atoms in total. The Morgan fingerprint density at radius 2 is 1.92 bits per heavy atom. The molecule has 0 aromatic carbocycles. The number of ether oxygens (including phenoxy) is 1. The predicted octanol–water partition coefficient (Wildman–Crippen LogP) is 4.62. The van der Waals surface area contributed by atoms with Crippen LogP contribution < -0.4 is 0 Å². The van der Waals surface area contributed by atoms with E-state index in [9.17, 15) is 10.2 Å². The Morgan fingerprint density at radius 3 is 2.54 bits per heavy atom. The number of unbranched alkanes of at least 4 members (excludes halogenated alkanes) is 2. The standard InChI is InChI=1S/C21H40O4Si/c1-7-8-9-10-15(22)11-12-16-17-13-20(23)24-18(17)14-19(16)25-26(5,6)21(2,3)4/h11-12,15-20,22-23H,7-10,13-14H2,1-6H3/b12-11+/t15-,16-,17+,18-,19+,20?/m0/s1. The molecule has 2 rings (SSSR count). The van der Waals surface area contributed by atoms with Gasteiger partial charge < -0.3 is 19.4 Å². The number of aliphatic hydroxyl groups excluding tert-OH is 2. The first-order valence-electron chi connectivity index (χ1n) is 10.4. The zero-order valence-electron chi connectivity index (χ0n) is 17.6. The van der Waals surface area contributed by atoms with Crippen molar-refractivity contribution in [1.29, 1.82) is 0 Å². The summed E-state index contributed by atoms with van der Waals surface area (Å²) in [5.74, 6) is 0.506. The molecule has 1 aliphatic heterocycles. The fourth-order valence-electron chi connectivity index (χ4n) is 3.94. The van der Waals surface area contributed by atoms with E-state index in [4.69, 9.17) is 9.16 Å². The lowest BCUT2D eigenvalue weighted by atomic mass is 9.91.